The molecule has 0 aromatic heterocycles. The number of alkyl halides is 3. The van der Waals surface area contributed by atoms with Gasteiger partial charge >= 0.3 is 11.6 Å². The van der Waals surface area contributed by atoms with E-state index in [0.29, 0.717) is 18.9 Å². The first-order valence-electron chi connectivity index (χ1n) is 9.14. The smallest absolute Gasteiger partial charge is 0.444 e. The number of carbonyl (C=O) groups excluding carboxylic acids is 1. The van der Waals surface area contributed by atoms with E-state index in [0.717, 1.165) is 12.1 Å². The zero-order valence-electron chi connectivity index (χ0n) is 17.1. The van der Waals surface area contributed by atoms with E-state index >= 15 is 0 Å². The van der Waals surface area contributed by atoms with Crippen LogP contribution in [-0.4, -0.2) is 58.1 Å². The molecule has 0 saturated carbocycles. The van der Waals surface area contributed by atoms with Crippen LogP contribution < -0.4 is 10.5 Å². The Morgan fingerprint density at radius 1 is 1.13 bits per heavy atom. The molecule has 1 fully saturated rings. The molecule has 0 unspecified atom stereocenters. The Morgan fingerprint density at radius 3 is 2.13 bits per heavy atom. The number of sulfone groups is 1. The minimum Gasteiger partial charge on any atom is -0.444 e. The number of likely N-dealkylation sites (tertiary alicyclic amines) is 1. The standard InChI is InChI=1S/C17H24F3N3O6S2/c1-16(2,3)29-15(24)23-8-6-11(7-9-23)22-13-5-4-12(31(21,27)28)10-14(13)30(25,26)17(18,19)20/h4-5,10-11,22H,6-9H2,1-3H3,(H2,21,27,28). The summed E-state index contributed by atoms with van der Waals surface area (Å²) >= 11 is 0. The van der Waals surface area contributed by atoms with Gasteiger partial charge in [-0.05, 0) is 51.8 Å². The summed E-state index contributed by atoms with van der Waals surface area (Å²) in [6.45, 7) is 5.62. The van der Waals surface area contributed by atoms with Crippen molar-refractivity contribution in [1.29, 1.82) is 0 Å². The lowest BCUT2D eigenvalue weighted by Crippen LogP contribution is -2.44. The molecule has 3 N–H and O–H groups in total. The minimum atomic E-state index is -5.85. The van der Waals surface area contributed by atoms with Crippen LogP contribution in [0.2, 0.25) is 0 Å². The van der Waals surface area contributed by atoms with Crippen molar-refractivity contribution in [2.75, 3.05) is 18.4 Å². The molecule has 1 saturated heterocycles. The number of nitrogens with two attached hydrogens (primary N) is 1. The molecule has 9 nitrogen and oxygen atoms in total. The number of anilines is 1. The number of nitrogens with zero attached hydrogens (tertiary/aromatic N) is 1. The van der Waals surface area contributed by atoms with E-state index in [9.17, 15) is 34.8 Å². The van der Waals surface area contributed by atoms with Crippen molar-refractivity contribution < 1.29 is 39.5 Å². The van der Waals surface area contributed by atoms with E-state index in [1.807, 2.05) is 0 Å². The molecule has 0 radical (unpaired) electrons. The van der Waals surface area contributed by atoms with Gasteiger partial charge < -0.3 is 15.0 Å². The lowest BCUT2D eigenvalue weighted by atomic mass is 10.0. The molecule has 31 heavy (non-hydrogen) atoms. The summed E-state index contributed by atoms with van der Waals surface area (Å²) in [5.74, 6) is 0. The number of piperidine rings is 1. The average Bonchev–Trinajstić information content (AvgIpc) is 2.59. The van der Waals surface area contributed by atoms with Crippen LogP contribution in [0.4, 0.5) is 23.7 Å². The highest BCUT2D eigenvalue weighted by atomic mass is 32.2. The second-order valence-corrected chi connectivity index (χ2v) is 11.5. The molecular weight excluding hydrogens is 463 g/mol. The summed E-state index contributed by atoms with van der Waals surface area (Å²) in [7, 11) is -10.3. The van der Waals surface area contributed by atoms with E-state index in [2.05, 4.69) is 5.32 Å². The van der Waals surface area contributed by atoms with E-state index in [4.69, 9.17) is 9.88 Å². The maximum Gasteiger partial charge on any atom is 0.501 e. The Morgan fingerprint density at radius 2 is 1.68 bits per heavy atom. The van der Waals surface area contributed by atoms with Crippen molar-refractivity contribution >= 4 is 31.6 Å². The van der Waals surface area contributed by atoms with Gasteiger partial charge in [0.25, 0.3) is 9.84 Å². The van der Waals surface area contributed by atoms with Crippen LogP contribution in [0.15, 0.2) is 28.0 Å². The summed E-state index contributed by atoms with van der Waals surface area (Å²) in [6, 6.07) is 1.78. The van der Waals surface area contributed by atoms with Crippen molar-refractivity contribution in [3.05, 3.63) is 18.2 Å². The third-order valence-electron chi connectivity index (χ3n) is 4.38. The Hall–Kier alpha value is -2.06. The van der Waals surface area contributed by atoms with Crippen LogP contribution in [0.1, 0.15) is 33.6 Å². The van der Waals surface area contributed by atoms with Gasteiger partial charge in [0.1, 0.15) is 10.5 Å². The topological polar surface area (TPSA) is 136 Å². The van der Waals surface area contributed by atoms with Gasteiger partial charge in [0.05, 0.1) is 10.6 Å². The predicted octanol–water partition coefficient (Wildman–Crippen LogP) is 2.44. The van der Waals surface area contributed by atoms with Gasteiger partial charge in [-0.15, -0.1) is 0 Å². The number of ether oxygens (including phenoxy) is 1. The highest BCUT2D eigenvalue weighted by Crippen LogP contribution is 2.36. The van der Waals surface area contributed by atoms with Crippen molar-refractivity contribution in [3.63, 3.8) is 0 Å². The number of hydrogen-bond acceptors (Lipinski definition) is 7. The molecule has 0 aliphatic carbocycles. The number of carbonyl (C=O) groups is 1. The van der Waals surface area contributed by atoms with Crippen molar-refractivity contribution in [3.8, 4) is 0 Å². The van der Waals surface area contributed by atoms with Gasteiger partial charge in [0.15, 0.2) is 0 Å². The molecule has 1 aromatic rings. The normalized spacial score (nSPS) is 16.8. The van der Waals surface area contributed by atoms with Crippen LogP contribution in [0.25, 0.3) is 0 Å². The fourth-order valence-corrected chi connectivity index (χ4v) is 4.46. The molecule has 1 aromatic carbocycles. The first-order valence-corrected chi connectivity index (χ1v) is 12.2. The number of hydrogen-bond donors (Lipinski definition) is 2. The van der Waals surface area contributed by atoms with E-state index in [-0.39, 0.29) is 13.1 Å². The molecule has 1 aliphatic heterocycles. The van der Waals surface area contributed by atoms with Crippen LogP contribution >= 0.6 is 0 Å². The lowest BCUT2D eigenvalue weighted by Gasteiger charge is -2.34. The molecule has 1 amide bonds. The first-order chi connectivity index (χ1) is 13.9. The molecule has 0 atom stereocenters. The lowest BCUT2D eigenvalue weighted by molar-refractivity contribution is -0.0436. The van der Waals surface area contributed by atoms with Gasteiger partial charge in [-0.1, -0.05) is 0 Å². The number of sulfonamides is 1. The maximum absolute atomic E-state index is 13.1. The van der Waals surface area contributed by atoms with Crippen LogP contribution in [0.5, 0.6) is 0 Å². The zero-order valence-corrected chi connectivity index (χ0v) is 18.7. The fraction of sp³-hybridized carbons (Fsp3) is 0.588. The van der Waals surface area contributed by atoms with Gasteiger partial charge in [0.2, 0.25) is 10.0 Å². The van der Waals surface area contributed by atoms with Gasteiger partial charge in [0, 0.05) is 19.1 Å². The molecule has 0 bridgehead atoms. The molecule has 14 heteroatoms. The highest BCUT2D eigenvalue weighted by molar-refractivity contribution is 7.92. The predicted molar refractivity (Wildman–Crippen MR) is 106 cm³/mol. The largest absolute Gasteiger partial charge is 0.501 e. The van der Waals surface area contributed by atoms with Gasteiger partial charge in [-0.3, -0.25) is 0 Å². The molecule has 176 valence electrons. The van der Waals surface area contributed by atoms with E-state index in [1.165, 1.54) is 4.90 Å². The second-order valence-electron chi connectivity index (χ2n) is 8.04. The summed E-state index contributed by atoms with van der Waals surface area (Å²) in [5.41, 5.74) is -6.72. The number of halogens is 3. The number of benzene rings is 1. The van der Waals surface area contributed by atoms with Crippen molar-refractivity contribution in [1.82, 2.24) is 4.90 Å². The molecule has 1 heterocycles. The van der Waals surface area contributed by atoms with Crippen LogP contribution in [-0.2, 0) is 24.6 Å². The molecule has 0 spiro atoms. The van der Waals surface area contributed by atoms with Crippen molar-refractivity contribution in [2.24, 2.45) is 5.14 Å². The SMILES string of the molecule is CC(C)(C)OC(=O)N1CCC(Nc2ccc(S(N)(=O)=O)cc2S(=O)(=O)C(F)(F)F)CC1. The zero-order chi connectivity index (χ0) is 23.8. The Labute approximate surface area is 178 Å². The van der Waals surface area contributed by atoms with Crippen LogP contribution in [0, 0.1) is 0 Å². The molecular formula is C17H24F3N3O6S2. The average molecular weight is 488 g/mol. The number of amides is 1. The van der Waals surface area contributed by atoms with Crippen molar-refractivity contribution in [2.45, 2.75) is 60.6 Å². The van der Waals surface area contributed by atoms with E-state index < -0.39 is 58.6 Å². The minimum absolute atomic E-state index is 0.239. The monoisotopic (exact) mass is 487 g/mol. The molecule has 2 rings (SSSR count). The van der Waals surface area contributed by atoms with Gasteiger partial charge in [-0.2, -0.15) is 13.2 Å². The number of nitrogens with one attached hydrogen (secondary N) is 1. The fourth-order valence-electron chi connectivity index (χ4n) is 2.90. The Kier molecular flexibility index (Phi) is 6.88. The quantitative estimate of drug-likeness (QED) is 0.666. The summed E-state index contributed by atoms with van der Waals surface area (Å²) < 4.78 is 91.6. The third-order valence-corrected chi connectivity index (χ3v) is 6.82. The van der Waals surface area contributed by atoms with Gasteiger partial charge in [-0.25, -0.2) is 26.8 Å². The summed E-state index contributed by atoms with van der Waals surface area (Å²) in [6.07, 6.45) is 0.0902. The Balaban J connectivity index is 2.25. The summed E-state index contributed by atoms with van der Waals surface area (Å²) in [5, 5.41) is 7.65. The number of primary sulfonamides is 1. The Bertz CT molecular complexity index is 1040. The molecule has 1 aliphatic rings. The maximum atomic E-state index is 13.1. The third kappa shape index (κ3) is 6.23. The van der Waals surface area contributed by atoms with E-state index in [1.54, 1.807) is 20.8 Å². The first kappa shape index (κ1) is 25.2. The number of rotatable bonds is 4. The van der Waals surface area contributed by atoms with Crippen LogP contribution in [0.3, 0.4) is 0 Å². The highest BCUT2D eigenvalue weighted by Gasteiger charge is 2.48. The summed E-state index contributed by atoms with van der Waals surface area (Å²) in [4.78, 5) is 11.6. The second kappa shape index (κ2) is 8.47.